The Balaban J connectivity index is 2.55. The van der Waals surface area contributed by atoms with E-state index in [-0.39, 0.29) is 5.97 Å². The Morgan fingerprint density at radius 1 is 0.857 bits per heavy atom. The SMILES string of the molecule is CCOC(=O)c1ccc(-n2c(C#C[Si](C)(C)C)ccc2C#C[Si](C)(C)C)cc1. The second-order valence-corrected chi connectivity index (χ2v) is 18.2. The van der Waals surface area contributed by atoms with Gasteiger partial charge in [-0.3, -0.25) is 4.57 Å². The van der Waals surface area contributed by atoms with Crippen molar-refractivity contribution in [1.29, 1.82) is 0 Å². The first-order chi connectivity index (χ1) is 13.0. The van der Waals surface area contributed by atoms with Crippen LogP contribution in [0.1, 0.15) is 28.7 Å². The molecule has 0 saturated carbocycles. The molecule has 5 heteroatoms. The van der Waals surface area contributed by atoms with Crippen LogP contribution in [0, 0.1) is 22.9 Å². The van der Waals surface area contributed by atoms with Crippen molar-refractivity contribution >= 4 is 22.1 Å². The van der Waals surface area contributed by atoms with Gasteiger partial charge in [0.2, 0.25) is 0 Å². The number of carbonyl (C=O) groups is 1. The van der Waals surface area contributed by atoms with Gasteiger partial charge < -0.3 is 4.74 Å². The highest BCUT2D eigenvalue weighted by Gasteiger charge is 2.13. The molecule has 28 heavy (non-hydrogen) atoms. The second-order valence-electron chi connectivity index (χ2n) is 8.71. The summed E-state index contributed by atoms with van der Waals surface area (Å²) in [4.78, 5) is 11.9. The van der Waals surface area contributed by atoms with Crippen LogP contribution in [-0.2, 0) is 4.74 Å². The van der Waals surface area contributed by atoms with Crippen LogP contribution in [0.25, 0.3) is 5.69 Å². The summed E-state index contributed by atoms with van der Waals surface area (Å²) in [6, 6.07) is 11.5. The van der Waals surface area contributed by atoms with Gasteiger partial charge in [-0.05, 0) is 43.3 Å². The van der Waals surface area contributed by atoms with E-state index in [0.29, 0.717) is 12.2 Å². The van der Waals surface area contributed by atoms with Crippen LogP contribution in [0.2, 0.25) is 39.3 Å². The van der Waals surface area contributed by atoms with Crippen LogP contribution < -0.4 is 0 Å². The van der Waals surface area contributed by atoms with Crippen LogP contribution in [0.3, 0.4) is 0 Å². The fourth-order valence-electron chi connectivity index (χ4n) is 2.37. The molecule has 0 atom stereocenters. The van der Waals surface area contributed by atoms with E-state index < -0.39 is 16.1 Å². The van der Waals surface area contributed by atoms with Crippen molar-refractivity contribution in [2.45, 2.75) is 46.2 Å². The van der Waals surface area contributed by atoms with Crippen molar-refractivity contribution in [3.8, 4) is 28.6 Å². The first-order valence-electron chi connectivity index (χ1n) is 9.56. The molecule has 146 valence electrons. The van der Waals surface area contributed by atoms with Gasteiger partial charge in [0.05, 0.1) is 23.6 Å². The van der Waals surface area contributed by atoms with Crippen molar-refractivity contribution in [1.82, 2.24) is 4.57 Å². The van der Waals surface area contributed by atoms with Gasteiger partial charge >= 0.3 is 5.97 Å². The summed E-state index contributed by atoms with van der Waals surface area (Å²) in [5, 5.41) is 0. The summed E-state index contributed by atoms with van der Waals surface area (Å²) < 4.78 is 7.16. The molecule has 0 unspecified atom stereocenters. The van der Waals surface area contributed by atoms with Crippen LogP contribution >= 0.6 is 0 Å². The molecule has 0 bridgehead atoms. The minimum absolute atomic E-state index is 0.306. The lowest BCUT2D eigenvalue weighted by atomic mass is 10.2. The lowest BCUT2D eigenvalue weighted by molar-refractivity contribution is 0.0526. The predicted molar refractivity (Wildman–Crippen MR) is 122 cm³/mol. The van der Waals surface area contributed by atoms with E-state index in [9.17, 15) is 4.79 Å². The van der Waals surface area contributed by atoms with E-state index in [1.54, 1.807) is 19.1 Å². The molecule has 0 aliphatic rings. The number of aromatic nitrogens is 1. The largest absolute Gasteiger partial charge is 0.462 e. The summed E-state index contributed by atoms with van der Waals surface area (Å²) in [5.74, 6) is 6.40. The van der Waals surface area contributed by atoms with E-state index in [1.807, 2.05) is 24.3 Å². The number of hydrogen-bond donors (Lipinski definition) is 0. The first kappa shape index (κ1) is 21.8. The molecule has 1 heterocycles. The molecule has 0 radical (unpaired) electrons. The van der Waals surface area contributed by atoms with Gasteiger partial charge in [-0.1, -0.05) is 51.1 Å². The Morgan fingerprint density at radius 3 is 1.71 bits per heavy atom. The van der Waals surface area contributed by atoms with E-state index in [4.69, 9.17) is 4.74 Å². The minimum atomic E-state index is -1.50. The smallest absolute Gasteiger partial charge is 0.338 e. The highest BCUT2D eigenvalue weighted by atomic mass is 28.3. The zero-order valence-electron chi connectivity index (χ0n) is 17.9. The zero-order chi connectivity index (χ0) is 20.9. The van der Waals surface area contributed by atoms with Gasteiger partial charge in [-0.15, -0.1) is 11.1 Å². The predicted octanol–water partition coefficient (Wildman–Crippen LogP) is 5.11. The Morgan fingerprint density at radius 2 is 1.32 bits per heavy atom. The molecule has 0 N–H and O–H groups in total. The van der Waals surface area contributed by atoms with E-state index in [1.165, 1.54) is 0 Å². The van der Waals surface area contributed by atoms with E-state index in [0.717, 1.165) is 17.1 Å². The van der Waals surface area contributed by atoms with Crippen LogP contribution in [0.5, 0.6) is 0 Å². The molecule has 0 aliphatic heterocycles. The molecule has 2 aromatic rings. The number of esters is 1. The highest BCUT2D eigenvalue weighted by Crippen LogP contribution is 2.18. The maximum absolute atomic E-state index is 11.9. The summed E-state index contributed by atoms with van der Waals surface area (Å²) in [5.41, 5.74) is 10.2. The molecule has 0 aliphatic carbocycles. The van der Waals surface area contributed by atoms with Crippen molar-refractivity contribution in [3.05, 3.63) is 53.3 Å². The zero-order valence-corrected chi connectivity index (χ0v) is 19.9. The van der Waals surface area contributed by atoms with Crippen molar-refractivity contribution < 1.29 is 9.53 Å². The lowest BCUT2D eigenvalue weighted by Crippen LogP contribution is -2.17. The molecule has 1 aromatic carbocycles. The quantitative estimate of drug-likeness (QED) is 0.402. The molecule has 2 rings (SSSR count). The maximum atomic E-state index is 11.9. The topological polar surface area (TPSA) is 31.2 Å². The molecule has 3 nitrogen and oxygen atoms in total. The highest BCUT2D eigenvalue weighted by molar-refractivity contribution is 6.84. The molecular formula is C23H29NO2Si2. The summed E-state index contributed by atoms with van der Waals surface area (Å²) >= 11 is 0. The lowest BCUT2D eigenvalue weighted by Gasteiger charge is -2.10. The van der Waals surface area contributed by atoms with Gasteiger partial charge in [0.25, 0.3) is 0 Å². The number of rotatable bonds is 3. The van der Waals surface area contributed by atoms with Gasteiger partial charge in [0.15, 0.2) is 0 Å². The normalized spacial score (nSPS) is 11.1. The van der Waals surface area contributed by atoms with Crippen molar-refractivity contribution in [2.75, 3.05) is 6.61 Å². The standard InChI is InChI=1S/C23H29NO2Si2/c1-8-26-23(25)19-9-11-20(12-10-19)24-21(15-17-27(2,3)4)13-14-22(24)16-18-28(5,6)7/h9-14H,8H2,1-7H3. The molecule has 0 amide bonds. The first-order valence-corrected chi connectivity index (χ1v) is 16.6. The fourth-order valence-corrected chi connectivity index (χ4v) is 3.38. The fraction of sp³-hybridized carbons (Fsp3) is 0.348. The Hall–Kier alpha value is -2.48. The van der Waals surface area contributed by atoms with Crippen molar-refractivity contribution in [2.24, 2.45) is 0 Å². The number of carbonyl (C=O) groups excluding carboxylic acids is 1. The third-order valence-corrected chi connectivity index (χ3v) is 5.40. The third kappa shape index (κ3) is 6.30. The van der Waals surface area contributed by atoms with Gasteiger partial charge in [0.1, 0.15) is 16.1 Å². The van der Waals surface area contributed by atoms with Crippen molar-refractivity contribution in [3.63, 3.8) is 0 Å². The van der Waals surface area contributed by atoms with Crippen LogP contribution in [0.15, 0.2) is 36.4 Å². The number of hydrogen-bond acceptors (Lipinski definition) is 2. The van der Waals surface area contributed by atoms with E-state index >= 15 is 0 Å². The monoisotopic (exact) mass is 407 g/mol. The third-order valence-electron chi connectivity index (χ3n) is 3.65. The molecule has 0 saturated heterocycles. The summed E-state index contributed by atoms with van der Waals surface area (Å²) in [6.07, 6.45) is 0. The second kappa shape index (κ2) is 8.69. The Kier molecular flexibility index (Phi) is 6.77. The van der Waals surface area contributed by atoms with Gasteiger partial charge in [-0.2, -0.15) is 0 Å². The Labute approximate surface area is 171 Å². The molecular weight excluding hydrogens is 378 g/mol. The molecule has 0 spiro atoms. The van der Waals surface area contributed by atoms with Crippen LogP contribution in [0.4, 0.5) is 0 Å². The van der Waals surface area contributed by atoms with Crippen LogP contribution in [-0.4, -0.2) is 33.3 Å². The van der Waals surface area contributed by atoms with Gasteiger partial charge in [-0.25, -0.2) is 4.79 Å². The summed E-state index contributed by atoms with van der Waals surface area (Å²) in [7, 11) is -3.00. The average Bonchev–Trinajstić information content (AvgIpc) is 3.00. The molecule has 1 aromatic heterocycles. The maximum Gasteiger partial charge on any atom is 0.338 e. The average molecular weight is 408 g/mol. The Bertz CT molecular complexity index is 917. The molecule has 0 fully saturated rings. The summed E-state index contributed by atoms with van der Waals surface area (Å²) in [6.45, 7) is 15.5. The van der Waals surface area contributed by atoms with Gasteiger partial charge in [0, 0.05) is 5.69 Å². The minimum Gasteiger partial charge on any atom is -0.462 e. The van der Waals surface area contributed by atoms with E-state index in [2.05, 4.69) is 66.8 Å². The number of nitrogens with zero attached hydrogens (tertiary/aromatic N) is 1. The number of benzene rings is 1. The number of ether oxygens (including phenoxy) is 1.